The molecule has 5 nitrogen and oxygen atoms in total. The van der Waals surface area contributed by atoms with Crippen molar-refractivity contribution in [3.05, 3.63) is 59.1 Å². The topological polar surface area (TPSA) is 75.3 Å². The average molecular weight is 465 g/mol. The molecule has 0 spiro atoms. The Kier molecular flexibility index (Phi) is 5.92. The molecule has 4 rings (SSSR count). The lowest BCUT2D eigenvalue weighted by Gasteiger charge is -2.39. The highest BCUT2D eigenvalue weighted by atomic mass is 35.5. The molecule has 2 N–H and O–H groups in total. The Hall–Kier alpha value is -1.54. The minimum Gasteiger partial charge on any atom is -0.334 e. The van der Waals surface area contributed by atoms with Gasteiger partial charge in [0.1, 0.15) is 0 Å². The van der Waals surface area contributed by atoms with Gasteiger partial charge in [0.05, 0.1) is 9.64 Å². The molecule has 1 heterocycles. The van der Waals surface area contributed by atoms with Crippen LogP contribution in [0.25, 0.3) is 0 Å². The fraction of sp³-hybridized carbons (Fsp3) is 0.409. The Labute approximate surface area is 186 Å². The van der Waals surface area contributed by atoms with Gasteiger partial charge >= 0.3 is 0 Å². The number of carbonyl (C=O) groups excluding carboxylic acids is 1. The molecule has 0 bridgehead atoms. The molecule has 0 unspecified atom stereocenters. The van der Waals surface area contributed by atoms with Gasteiger partial charge in [0.15, 0.2) is 4.87 Å². The highest BCUT2D eigenvalue weighted by Gasteiger charge is 2.56. The van der Waals surface area contributed by atoms with Crippen LogP contribution in [0, 0.1) is 6.92 Å². The van der Waals surface area contributed by atoms with E-state index in [1.54, 1.807) is 25.1 Å². The Bertz CT molecular complexity index is 1050. The average Bonchev–Trinajstić information content (AvgIpc) is 3.52. The van der Waals surface area contributed by atoms with E-state index in [1.165, 1.54) is 11.8 Å². The van der Waals surface area contributed by atoms with E-state index in [0.29, 0.717) is 23.4 Å². The summed E-state index contributed by atoms with van der Waals surface area (Å²) in [5.74, 6) is -0.205. The number of halogens is 1. The highest BCUT2D eigenvalue weighted by Crippen LogP contribution is 2.52. The summed E-state index contributed by atoms with van der Waals surface area (Å²) in [5, 5.41) is 6.57. The van der Waals surface area contributed by atoms with Gasteiger partial charge in [-0.3, -0.25) is 4.79 Å². The van der Waals surface area contributed by atoms with Gasteiger partial charge in [-0.05, 0) is 69.0 Å². The number of carbonyl (C=O) groups is 1. The smallest absolute Gasteiger partial charge is 0.237 e. The van der Waals surface area contributed by atoms with Crippen molar-refractivity contribution in [2.45, 2.75) is 52.0 Å². The number of piperidine rings is 1. The predicted molar refractivity (Wildman–Crippen MR) is 121 cm³/mol. The maximum atomic E-state index is 13.8. The van der Waals surface area contributed by atoms with Gasteiger partial charge in [-0.15, -0.1) is 11.8 Å². The molecule has 1 amide bonds. The van der Waals surface area contributed by atoms with E-state index < -0.39 is 19.5 Å². The lowest BCUT2D eigenvalue weighted by Crippen LogP contribution is -2.63. The predicted octanol–water partition coefficient (Wildman–Crippen LogP) is 3.94. The van der Waals surface area contributed by atoms with Crippen molar-refractivity contribution in [1.82, 2.24) is 10.6 Å². The van der Waals surface area contributed by atoms with Crippen molar-refractivity contribution in [3.8, 4) is 0 Å². The summed E-state index contributed by atoms with van der Waals surface area (Å²) < 4.78 is 27.0. The largest absolute Gasteiger partial charge is 0.334 e. The van der Waals surface area contributed by atoms with Crippen molar-refractivity contribution in [3.63, 3.8) is 0 Å². The van der Waals surface area contributed by atoms with Gasteiger partial charge in [-0.2, -0.15) is 0 Å². The molecule has 1 aliphatic carbocycles. The summed E-state index contributed by atoms with van der Waals surface area (Å²) in [7, 11) is -3.87. The van der Waals surface area contributed by atoms with Gasteiger partial charge in [0.25, 0.3) is 0 Å². The molecule has 2 aromatic carbocycles. The maximum absolute atomic E-state index is 13.8. The molecule has 2 fully saturated rings. The summed E-state index contributed by atoms with van der Waals surface area (Å²) in [6.45, 7) is 2.61. The number of rotatable bonds is 6. The standard InChI is InChI=1S/C22H25ClN2O3S2/c1-16-18(23)9-5-10-19(16)30(27,28)22(11-6-14-24-15-22)25-20(26)21(12-13-21)29-17-7-3-2-4-8-17/h2-5,7-10,24H,6,11-15H2,1H3,(H,25,26)/t22-/m0/s1. The zero-order chi connectivity index (χ0) is 21.4. The van der Waals surface area contributed by atoms with E-state index in [-0.39, 0.29) is 17.3 Å². The molecule has 2 aliphatic rings. The summed E-state index contributed by atoms with van der Waals surface area (Å²) in [5.41, 5.74) is 0.512. The first-order valence-corrected chi connectivity index (χ1v) is 12.7. The molecule has 0 aromatic heterocycles. The number of amides is 1. The Morgan fingerprint density at radius 1 is 1.10 bits per heavy atom. The molecule has 1 aliphatic heterocycles. The van der Waals surface area contributed by atoms with Crippen molar-refractivity contribution < 1.29 is 13.2 Å². The summed E-state index contributed by atoms with van der Waals surface area (Å²) in [6.07, 6.45) is 2.50. The Morgan fingerprint density at radius 3 is 2.47 bits per heavy atom. The summed E-state index contributed by atoms with van der Waals surface area (Å²) in [4.78, 5) is 13.2. The fourth-order valence-electron chi connectivity index (χ4n) is 3.89. The molecule has 0 radical (unpaired) electrons. The molecule has 2 aromatic rings. The van der Waals surface area contributed by atoms with Crippen LogP contribution in [0.4, 0.5) is 0 Å². The van der Waals surface area contributed by atoms with Gasteiger partial charge in [-0.1, -0.05) is 35.9 Å². The number of hydrogen-bond donors (Lipinski definition) is 2. The quantitative estimate of drug-likeness (QED) is 0.677. The summed E-state index contributed by atoms with van der Waals surface area (Å²) >= 11 is 7.73. The highest BCUT2D eigenvalue weighted by molar-refractivity contribution is 8.01. The molecule has 8 heteroatoms. The first-order chi connectivity index (χ1) is 14.3. The van der Waals surface area contributed by atoms with Crippen molar-refractivity contribution in [1.29, 1.82) is 0 Å². The second-order valence-electron chi connectivity index (χ2n) is 8.00. The van der Waals surface area contributed by atoms with Crippen LogP contribution in [0.1, 0.15) is 31.2 Å². The fourth-order valence-corrected chi connectivity index (χ4v) is 7.44. The van der Waals surface area contributed by atoms with Crippen molar-refractivity contribution >= 4 is 39.1 Å². The van der Waals surface area contributed by atoms with E-state index in [0.717, 1.165) is 24.3 Å². The minimum absolute atomic E-state index is 0.180. The SMILES string of the molecule is Cc1c(Cl)cccc1S(=O)(=O)[C@@]1(NC(=O)C2(Sc3ccccc3)CC2)CCCNC1. The van der Waals surface area contributed by atoms with Crippen LogP contribution >= 0.6 is 23.4 Å². The number of sulfone groups is 1. The van der Waals surface area contributed by atoms with Crippen LogP contribution < -0.4 is 10.6 Å². The van der Waals surface area contributed by atoms with E-state index >= 15 is 0 Å². The first-order valence-electron chi connectivity index (χ1n) is 10.1. The molecule has 160 valence electrons. The molecular formula is C22H25ClN2O3S2. The molecule has 1 atom stereocenters. The maximum Gasteiger partial charge on any atom is 0.237 e. The molecule has 1 saturated heterocycles. The van der Waals surface area contributed by atoms with Crippen molar-refractivity contribution in [2.24, 2.45) is 0 Å². The van der Waals surface area contributed by atoms with Crippen LogP contribution in [-0.4, -0.2) is 37.0 Å². The van der Waals surface area contributed by atoms with Crippen LogP contribution in [-0.2, 0) is 14.6 Å². The normalized spacial score (nSPS) is 23.0. The molecule has 30 heavy (non-hydrogen) atoms. The third-order valence-corrected chi connectivity index (χ3v) is 10.3. The van der Waals surface area contributed by atoms with Crippen LogP contribution in [0.15, 0.2) is 58.3 Å². The van der Waals surface area contributed by atoms with E-state index in [9.17, 15) is 13.2 Å². The Morgan fingerprint density at radius 2 is 1.83 bits per heavy atom. The monoisotopic (exact) mass is 464 g/mol. The zero-order valence-corrected chi connectivity index (χ0v) is 19.2. The van der Waals surface area contributed by atoms with Gasteiger partial charge in [0, 0.05) is 16.5 Å². The third-order valence-electron chi connectivity index (χ3n) is 5.88. The van der Waals surface area contributed by atoms with E-state index in [2.05, 4.69) is 10.6 Å². The first kappa shape index (κ1) is 21.7. The van der Waals surface area contributed by atoms with E-state index in [4.69, 9.17) is 11.6 Å². The third kappa shape index (κ3) is 3.88. The summed E-state index contributed by atoms with van der Waals surface area (Å²) in [6, 6.07) is 14.7. The minimum atomic E-state index is -3.87. The number of hydrogen-bond acceptors (Lipinski definition) is 5. The Balaban J connectivity index is 1.66. The van der Waals surface area contributed by atoms with Crippen LogP contribution in [0.3, 0.4) is 0 Å². The van der Waals surface area contributed by atoms with Gasteiger partial charge in [-0.25, -0.2) is 8.42 Å². The van der Waals surface area contributed by atoms with E-state index in [1.807, 2.05) is 30.3 Å². The lowest BCUT2D eigenvalue weighted by atomic mass is 10.1. The van der Waals surface area contributed by atoms with Crippen LogP contribution in [0.2, 0.25) is 5.02 Å². The molecular weight excluding hydrogens is 440 g/mol. The zero-order valence-electron chi connectivity index (χ0n) is 16.8. The number of nitrogens with one attached hydrogen (secondary N) is 2. The van der Waals surface area contributed by atoms with Gasteiger partial charge < -0.3 is 10.6 Å². The van der Waals surface area contributed by atoms with Crippen LogP contribution in [0.5, 0.6) is 0 Å². The van der Waals surface area contributed by atoms with Crippen molar-refractivity contribution in [2.75, 3.05) is 13.1 Å². The van der Waals surface area contributed by atoms with Gasteiger partial charge in [0.2, 0.25) is 15.7 Å². The second kappa shape index (κ2) is 8.19. The lowest BCUT2D eigenvalue weighted by molar-refractivity contribution is -0.122. The molecule has 1 saturated carbocycles. The number of thioether (sulfide) groups is 1. The number of benzene rings is 2. The second-order valence-corrected chi connectivity index (χ2v) is 12.1.